The lowest BCUT2D eigenvalue weighted by Crippen LogP contribution is -2.41. The summed E-state index contributed by atoms with van der Waals surface area (Å²) in [6.45, 7) is 1.39. The molecule has 0 saturated carbocycles. The standard InChI is InChI=1S/C15H17N5O2/c1-9(21)20(12-5-3-11(16)4-6-12)15(22)10-2-7-13-14(8-10)18-19-17-13/h3-6,10H,2,7-8,16H2,1H3,(H,17,18,19). The molecule has 7 heteroatoms. The summed E-state index contributed by atoms with van der Waals surface area (Å²) < 4.78 is 0. The van der Waals surface area contributed by atoms with Crippen molar-refractivity contribution in [3.63, 3.8) is 0 Å². The van der Waals surface area contributed by atoms with Crippen LogP contribution in [0, 0.1) is 5.92 Å². The van der Waals surface area contributed by atoms with Crippen molar-refractivity contribution >= 4 is 23.2 Å². The van der Waals surface area contributed by atoms with E-state index in [-0.39, 0.29) is 17.7 Å². The predicted molar refractivity (Wildman–Crippen MR) is 80.9 cm³/mol. The van der Waals surface area contributed by atoms with Gasteiger partial charge in [0.25, 0.3) is 0 Å². The molecule has 3 rings (SSSR count). The third kappa shape index (κ3) is 2.57. The van der Waals surface area contributed by atoms with Crippen LogP contribution in [0.5, 0.6) is 0 Å². The van der Waals surface area contributed by atoms with Crippen molar-refractivity contribution in [2.75, 3.05) is 10.6 Å². The first kappa shape index (κ1) is 14.2. The van der Waals surface area contributed by atoms with E-state index < -0.39 is 0 Å². The lowest BCUT2D eigenvalue weighted by Gasteiger charge is -2.26. The van der Waals surface area contributed by atoms with Gasteiger partial charge in [-0.05, 0) is 37.1 Å². The van der Waals surface area contributed by atoms with E-state index in [1.807, 2.05) is 0 Å². The summed E-state index contributed by atoms with van der Waals surface area (Å²) in [7, 11) is 0. The van der Waals surface area contributed by atoms with E-state index in [0.29, 0.717) is 30.6 Å². The average molecular weight is 299 g/mol. The third-order valence-corrected chi connectivity index (χ3v) is 3.91. The Bertz CT molecular complexity index is 707. The second-order valence-corrected chi connectivity index (χ2v) is 5.44. The van der Waals surface area contributed by atoms with Crippen molar-refractivity contribution in [1.82, 2.24) is 15.4 Å². The van der Waals surface area contributed by atoms with Crippen LogP contribution in [0.3, 0.4) is 0 Å². The zero-order chi connectivity index (χ0) is 15.7. The molecular formula is C15H17N5O2. The highest BCUT2D eigenvalue weighted by Crippen LogP contribution is 2.26. The molecule has 0 fully saturated rings. The van der Waals surface area contributed by atoms with E-state index in [0.717, 1.165) is 11.4 Å². The Labute approximate surface area is 127 Å². The minimum absolute atomic E-state index is 0.203. The number of aromatic nitrogens is 3. The van der Waals surface area contributed by atoms with Crippen molar-refractivity contribution in [3.8, 4) is 0 Å². The number of anilines is 2. The van der Waals surface area contributed by atoms with Crippen LogP contribution in [0.4, 0.5) is 11.4 Å². The Morgan fingerprint density at radius 3 is 2.59 bits per heavy atom. The molecule has 1 unspecified atom stereocenters. The van der Waals surface area contributed by atoms with Crippen molar-refractivity contribution in [1.29, 1.82) is 0 Å². The number of nitrogens with zero attached hydrogens (tertiary/aromatic N) is 3. The number of nitrogens with two attached hydrogens (primary N) is 1. The molecule has 0 saturated heterocycles. The average Bonchev–Trinajstić information content (AvgIpc) is 2.96. The van der Waals surface area contributed by atoms with Gasteiger partial charge in [-0.1, -0.05) is 0 Å². The summed E-state index contributed by atoms with van der Waals surface area (Å²) in [6, 6.07) is 6.71. The largest absolute Gasteiger partial charge is 0.399 e. The number of imide groups is 1. The number of carbonyl (C=O) groups is 2. The van der Waals surface area contributed by atoms with Gasteiger partial charge >= 0.3 is 0 Å². The Morgan fingerprint density at radius 2 is 1.91 bits per heavy atom. The van der Waals surface area contributed by atoms with Gasteiger partial charge in [0.1, 0.15) is 0 Å². The highest BCUT2D eigenvalue weighted by Gasteiger charge is 2.32. The van der Waals surface area contributed by atoms with Gasteiger partial charge in [-0.15, -0.1) is 0 Å². The van der Waals surface area contributed by atoms with Crippen molar-refractivity contribution in [2.24, 2.45) is 5.92 Å². The van der Waals surface area contributed by atoms with Crippen LogP contribution in [0.25, 0.3) is 0 Å². The first-order chi connectivity index (χ1) is 10.6. The van der Waals surface area contributed by atoms with Crippen molar-refractivity contribution in [3.05, 3.63) is 35.7 Å². The van der Waals surface area contributed by atoms with Crippen molar-refractivity contribution in [2.45, 2.75) is 26.2 Å². The second-order valence-electron chi connectivity index (χ2n) is 5.44. The predicted octanol–water partition coefficient (Wildman–Crippen LogP) is 1.07. The second kappa shape index (κ2) is 5.59. The Kier molecular flexibility index (Phi) is 3.62. The van der Waals surface area contributed by atoms with Gasteiger partial charge in [-0.3, -0.25) is 14.5 Å². The fourth-order valence-corrected chi connectivity index (χ4v) is 2.77. The van der Waals surface area contributed by atoms with Gasteiger partial charge in [0.05, 0.1) is 17.1 Å². The zero-order valence-corrected chi connectivity index (χ0v) is 12.2. The van der Waals surface area contributed by atoms with Gasteiger partial charge in [0.2, 0.25) is 11.8 Å². The van der Waals surface area contributed by atoms with Gasteiger partial charge < -0.3 is 5.73 Å². The maximum absolute atomic E-state index is 12.8. The van der Waals surface area contributed by atoms with E-state index in [1.54, 1.807) is 24.3 Å². The number of fused-ring (bicyclic) bond motifs is 1. The first-order valence-electron chi connectivity index (χ1n) is 7.15. The highest BCUT2D eigenvalue weighted by atomic mass is 16.2. The van der Waals surface area contributed by atoms with E-state index in [2.05, 4.69) is 15.4 Å². The monoisotopic (exact) mass is 299 g/mol. The van der Waals surface area contributed by atoms with Crippen LogP contribution < -0.4 is 10.6 Å². The van der Waals surface area contributed by atoms with Crippen molar-refractivity contribution < 1.29 is 9.59 Å². The maximum Gasteiger partial charge on any atom is 0.237 e. The third-order valence-electron chi connectivity index (χ3n) is 3.91. The Balaban J connectivity index is 1.85. The number of H-pyrrole nitrogens is 1. The molecule has 7 nitrogen and oxygen atoms in total. The fraction of sp³-hybridized carbons (Fsp3) is 0.333. The molecule has 22 heavy (non-hydrogen) atoms. The van der Waals surface area contributed by atoms with Crippen LogP contribution >= 0.6 is 0 Å². The zero-order valence-electron chi connectivity index (χ0n) is 12.2. The number of aromatic amines is 1. The number of aryl methyl sites for hydroxylation is 1. The van der Waals surface area contributed by atoms with Crippen LogP contribution in [0.1, 0.15) is 24.7 Å². The molecule has 2 amide bonds. The highest BCUT2D eigenvalue weighted by molar-refractivity contribution is 6.14. The molecular weight excluding hydrogens is 282 g/mol. The summed E-state index contributed by atoms with van der Waals surface area (Å²) in [5.41, 5.74) is 8.50. The van der Waals surface area contributed by atoms with Crippen LogP contribution in [0.15, 0.2) is 24.3 Å². The summed E-state index contributed by atoms with van der Waals surface area (Å²) in [5, 5.41) is 10.7. The van der Waals surface area contributed by atoms with E-state index >= 15 is 0 Å². The minimum Gasteiger partial charge on any atom is -0.399 e. The molecule has 0 radical (unpaired) electrons. The number of carbonyl (C=O) groups excluding carboxylic acids is 2. The van der Waals surface area contributed by atoms with E-state index in [1.165, 1.54) is 11.8 Å². The van der Waals surface area contributed by atoms with E-state index in [9.17, 15) is 9.59 Å². The Morgan fingerprint density at radius 1 is 1.23 bits per heavy atom. The summed E-state index contributed by atoms with van der Waals surface area (Å²) in [6.07, 6.45) is 1.86. The lowest BCUT2D eigenvalue weighted by atomic mass is 9.88. The number of hydrogen-bond donors (Lipinski definition) is 2. The summed E-state index contributed by atoms with van der Waals surface area (Å²) in [4.78, 5) is 25.9. The number of benzene rings is 1. The lowest BCUT2D eigenvalue weighted by molar-refractivity contribution is -0.128. The van der Waals surface area contributed by atoms with Crippen LogP contribution in [0.2, 0.25) is 0 Å². The molecule has 2 aromatic rings. The van der Waals surface area contributed by atoms with Crippen LogP contribution in [-0.4, -0.2) is 27.2 Å². The molecule has 1 aromatic carbocycles. The van der Waals surface area contributed by atoms with Gasteiger partial charge in [0, 0.05) is 24.9 Å². The smallest absolute Gasteiger partial charge is 0.237 e. The topological polar surface area (TPSA) is 105 Å². The fourth-order valence-electron chi connectivity index (χ4n) is 2.77. The number of nitrogen functional groups attached to an aromatic ring is 1. The number of nitrogens with one attached hydrogen (secondary N) is 1. The SMILES string of the molecule is CC(=O)N(C(=O)C1CCc2n[nH]nc2C1)c1ccc(N)cc1. The quantitative estimate of drug-likeness (QED) is 0.807. The van der Waals surface area contributed by atoms with Gasteiger partial charge in [-0.2, -0.15) is 15.4 Å². The molecule has 1 aromatic heterocycles. The van der Waals surface area contributed by atoms with Gasteiger partial charge in [0.15, 0.2) is 0 Å². The Hall–Kier alpha value is -2.70. The molecule has 3 N–H and O–H groups in total. The molecule has 1 aliphatic carbocycles. The van der Waals surface area contributed by atoms with E-state index in [4.69, 9.17) is 5.73 Å². The molecule has 0 bridgehead atoms. The minimum atomic E-state index is -0.305. The molecule has 1 atom stereocenters. The first-order valence-corrected chi connectivity index (χ1v) is 7.15. The number of amides is 2. The molecule has 114 valence electrons. The molecule has 0 aliphatic heterocycles. The number of rotatable bonds is 2. The molecule has 1 aliphatic rings. The normalized spacial score (nSPS) is 16.9. The van der Waals surface area contributed by atoms with Crippen LogP contribution in [-0.2, 0) is 22.4 Å². The molecule has 1 heterocycles. The number of hydrogen-bond acceptors (Lipinski definition) is 5. The summed E-state index contributed by atoms with van der Waals surface area (Å²) in [5.74, 6) is -0.773. The van der Waals surface area contributed by atoms with Gasteiger partial charge in [-0.25, -0.2) is 0 Å². The summed E-state index contributed by atoms with van der Waals surface area (Å²) >= 11 is 0. The molecule has 0 spiro atoms. The maximum atomic E-state index is 12.8.